The van der Waals surface area contributed by atoms with Gasteiger partial charge in [-0.05, 0) is 24.1 Å². The molecule has 0 aliphatic heterocycles. The van der Waals surface area contributed by atoms with Crippen molar-refractivity contribution in [3.63, 3.8) is 0 Å². The molecule has 0 radical (unpaired) electrons. The molecular weight excluding hydrogens is 205 g/mol. The number of hydrogen-bond donors (Lipinski definition) is 1. The first-order valence-electron chi connectivity index (χ1n) is 4.25. The monoisotopic (exact) mass is 215 g/mol. The molecule has 1 aromatic rings. The second kappa shape index (κ2) is 2.88. The van der Waals surface area contributed by atoms with Gasteiger partial charge >= 0.3 is 0 Å². The summed E-state index contributed by atoms with van der Waals surface area (Å²) in [5.74, 6) is 0. The average Bonchev–Trinajstić information content (AvgIpc) is 2.59. The van der Waals surface area contributed by atoms with Crippen molar-refractivity contribution in [1.82, 2.24) is 0 Å². The summed E-state index contributed by atoms with van der Waals surface area (Å²) >= 11 is 11.9. The van der Waals surface area contributed by atoms with Crippen LogP contribution in [0.5, 0.6) is 0 Å². The van der Waals surface area contributed by atoms with Gasteiger partial charge in [-0.25, -0.2) is 0 Å². The van der Waals surface area contributed by atoms with Crippen LogP contribution >= 0.6 is 23.2 Å². The standard InChI is InChI=1S/C10H11Cl2N/c1-10(5-9(10)13)7-3-2-6(11)4-8(7)12/h2-4,9H,5,13H2,1H3. The van der Waals surface area contributed by atoms with E-state index < -0.39 is 0 Å². The zero-order valence-corrected chi connectivity index (χ0v) is 8.86. The van der Waals surface area contributed by atoms with Gasteiger partial charge in [-0.2, -0.15) is 0 Å². The predicted octanol–water partition coefficient (Wildman–Crippen LogP) is 2.98. The molecule has 1 nitrogen and oxygen atoms in total. The first-order chi connectivity index (χ1) is 6.04. The third kappa shape index (κ3) is 1.45. The molecule has 1 aromatic carbocycles. The van der Waals surface area contributed by atoms with E-state index in [0.29, 0.717) is 5.02 Å². The fraction of sp³-hybridized carbons (Fsp3) is 0.400. The Balaban J connectivity index is 2.42. The van der Waals surface area contributed by atoms with Gasteiger partial charge < -0.3 is 5.73 Å². The Morgan fingerprint density at radius 2 is 2.08 bits per heavy atom. The normalized spacial score (nSPS) is 31.8. The highest BCUT2D eigenvalue weighted by Gasteiger charge is 2.49. The molecule has 13 heavy (non-hydrogen) atoms. The highest BCUT2D eigenvalue weighted by molar-refractivity contribution is 6.35. The summed E-state index contributed by atoms with van der Waals surface area (Å²) in [7, 11) is 0. The van der Waals surface area contributed by atoms with E-state index in [9.17, 15) is 0 Å². The van der Waals surface area contributed by atoms with Gasteiger partial charge in [0.1, 0.15) is 0 Å². The van der Waals surface area contributed by atoms with E-state index in [4.69, 9.17) is 28.9 Å². The van der Waals surface area contributed by atoms with Gasteiger partial charge in [-0.15, -0.1) is 0 Å². The minimum atomic E-state index is 0.0711. The number of hydrogen-bond acceptors (Lipinski definition) is 1. The predicted molar refractivity (Wildman–Crippen MR) is 56.4 cm³/mol. The van der Waals surface area contributed by atoms with Gasteiger partial charge in [0, 0.05) is 21.5 Å². The van der Waals surface area contributed by atoms with E-state index in [-0.39, 0.29) is 11.5 Å². The van der Waals surface area contributed by atoms with Crippen LogP contribution in [0, 0.1) is 0 Å². The SMILES string of the molecule is CC1(c2ccc(Cl)cc2Cl)CC1N. The lowest BCUT2D eigenvalue weighted by Crippen LogP contribution is -2.14. The molecule has 0 saturated heterocycles. The third-order valence-corrected chi connectivity index (χ3v) is 3.40. The van der Waals surface area contributed by atoms with Crippen LogP contribution in [-0.2, 0) is 5.41 Å². The Bertz CT molecular complexity index is 351. The maximum Gasteiger partial charge on any atom is 0.0458 e. The Kier molecular flexibility index (Phi) is 2.06. The highest BCUT2D eigenvalue weighted by Crippen LogP contribution is 2.49. The fourth-order valence-corrected chi connectivity index (χ4v) is 2.28. The van der Waals surface area contributed by atoms with Crippen molar-refractivity contribution < 1.29 is 0 Å². The van der Waals surface area contributed by atoms with Crippen molar-refractivity contribution in [2.24, 2.45) is 5.73 Å². The van der Waals surface area contributed by atoms with Crippen LogP contribution in [0.4, 0.5) is 0 Å². The molecule has 2 N–H and O–H groups in total. The molecule has 2 unspecified atom stereocenters. The maximum atomic E-state index is 6.08. The van der Waals surface area contributed by atoms with E-state index in [1.54, 1.807) is 6.07 Å². The summed E-state index contributed by atoms with van der Waals surface area (Å²) in [6.45, 7) is 2.13. The lowest BCUT2D eigenvalue weighted by atomic mass is 9.97. The molecule has 0 amide bonds. The second-order valence-electron chi connectivity index (χ2n) is 3.85. The Morgan fingerprint density at radius 3 is 2.54 bits per heavy atom. The second-order valence-corrected chi connectivity index (χ2v) is 4.70. The van der Waals surface area contributed by atoms with Crippen molar-refractivity contribution in [3.8, 4) is 0 Å². The Hall–Kier alpha value is -0.240. The molecule has 0 bridgehead atoms. The summed E-state index contributed by atoms with van der Waals surface area (Å²) in [5, 5.41) is 1.40. The summed E-state index contributed by atoms with van der Waals surface area (Å²) in [4.78, 5) is 0. The molecule has 0 spiro atoms. The maximum absolute atomic E-state index is 6.08. The fourth-order valence-electron chi connectivity index (χ4n) is 1.66. The molecule has 1 saturated carbocycles. The van der Waals surface area contributed by atoms with Gasteiger partial charge in [-0.3, -0.25) is 0 Å². The Labute approximate surface area is 87.8 Å². The van der Waals surface area contributed by atoms with Crippen LogP contribution in [0.3, 0.4) is 0 Å². The van der Waals surface area contributed by atoms with Crippen molar-refractivity contribution in [2.45, 2.75) is 24.8 Å². The first-order valence-corrected chi connectivity index (χ1v) is 5.01. The smallest absolute Gasteiger partial charge is 0.0458 e. The Morgan fingerprint density at radius 1 is 1.46 bits per heavy atom. The van der Waals surface area contributed by atoms with Crippen LogP contribution in [0.25, 0.3) is 0 Å². The average molecular weight is 216 g/mol. The molecule has 0 aromatic heterocycles. The van der Waals surface area contributed by atoms with Crippen molar-refractivity contribution >= 4 is 23.2 Å². The summed E-state index contributed by atoms with van der Waals surface area (Å²) in [5.41, 5.74) is 7.04. The van der Waals surface area contributed by atoms with Crippen LogP contribution in [0.15, 0.2) is 18.2 Å². The first kappa shape index (κ1) is 9.32. The molecular formula is C10H11Cl2N. The number of benzene rings is 1. The van der Waals surface area contributed by atoms with Gasteiger partial charge in [0.25, 0.3) is 0 Å². The largest absolute Gasteiger partial charge is 0.327 e. The van der Waals surface area contributed by atoms with Gasteiger partial charge in [-0.1, -0.05) is 36.2 Å². The lowest BCUT2D eigenvalue weighted by Gasteiger charge is -2.12. The lowest BCUT2D eigenvalue weighted by molar-refractivity contribution is 0.741. The topological polar surface area (TPSA) is 26.0 Å². The number of rotatable bonds is 1. The molecule has 70 valence electrons. The highest BCUT2D eigenvalue weighted by atomic mass is 35.5. The quantitative estimate of drug-likeness (QED) is 0.767. The van der Waals surface area contributed by atoms with Crippen molar-refractivity contribution in [2.75, 3.05) is 0 Å². The summed E-state index contributed by atoms with van der Waals surface area (Å²) in [6.07, 6.45) is 1.01. The minimum absolute atomic E-state index is 0.0711. The summed E-state index contributed by atoms with van der Waals surface area (Å²) in [6, 6.07) is 5.84. The molecule has 2 atom stereocenters. The molecule has 0 heterocycles. The van der Waals surface area contributed by atoms with Gasteiger partial charge in [0.15, 0.2) is 0 Å². The third-order valence-electron chi connectivity index (χ3n) is 2.85. The number of halogens is 2. The van der Waals surface area contributed by atoms with Crippen molar-refractivity contribution in [3.05, 3.63) is 33.8 Å². The molecule has 3 heteroatoms. The zero-order chi connectivity index (χ0) is 9.64. The van der Waals surface area contributed by atoms with Gasteiger partial charge in [0.05, 0.1) is 0 Å². The molecule has 1 fully saturated rings. The van der Waals surface area contributed by atoms with E-state index in [0.717, 1.165) is 17.0 Å². The van der Waals surface area contributed by atoms with Gasteiger partial charge in [0.2, 0.25) is 0 Å². The van der Waals surface area contributed by atoms with E-state index in [1.165, 1.54) is 0 Å². The minimum Gasteiger partial charge on any atom is -0.327 e. The van der Waals surface area contributed by atoms with Crippen LogP contribution in [-0.4, -0.2) is 6.04 Å². The number of nitrogens with two attached hydrogens (primary N) is 1. The van der Waals surface area contributed by atoms with Crippen LogP contribution < -0.4 is 5.73 Å². The van der Waals surface area contributed by atoms with E-state index in [2.05, 4.69) is 6.92 Å². The van der Waals surface area contributed by atoms with Crippen LogP contribution in [0.1, 0.15) is 18.9 Å². The van der Waals surface area contributed by atoms with Crippen molar-refractivity contribution in [1.29, 1.82) is 0 Å². The zero-order valence-electron chi connectivity index (χ0n) is 7.35. The molecule has 1 aliphatic rings. The van der Waals surface area contributed by atoms with Crippen LogP contribution in [0.2, 0.25) is 10.0 Å². The van der Waals surface area contributed by atoms with E-state index in [1.807, 2.05) is 12.1 Å². The molecule has 2 rings (SSSR count). The molecule has 1 aliphatic carbocycles. The summed E-state index contributed by atoms with van der Waals surface area (Å²) < 4.78 is 0. The van der Waals surface area contributed by atoms with E-state index >= 15 is 0 Å².